The number of aryl methyl sites for hydroxylation is 2. The Morgan fingerprint density at radius 1 is 1.42 bits per heavy atom. The number of sulfonamides is 1. The van der Waals surface area contributed by atoms with Crippen LogP contribution in [0.3, 0.4) is 0 Å². The van der Waals surface area contributed by atoms with Crippen molar-refractivity contribution in [3.63, 3.8) is 0 Å². The van der Waals surface area contributed by atoms with Crippen LogP contribution in [0, 0.1) is 6.92 Å². The maximum Gasteiger partial charge on any atom is 0.263 e. The smallest absolute Gasteiger partial charge is 0.263 e. The zero-order chi connectivity index (χ0) is 14.4. The molecule has 106 valence electrons. The van der Waals surface area contributed by atoms with Crippen LogP contribution >= 0.6 is 0 Å². The lowest BCUT2D eigenvalue weighted by atomic mass is 10.1. The Labute approximate surface area is 111 Å². The zero-order valence-electron chi connectivity index (χ0n) is 11.2. The van der Waals surface area contributed by atoms with Gasteiger partial charge in [0, 0.05) is 7.05 Å². The molecule has 1 aliphatic rings. The molecule has 0 radical (unpaired) electrons. The molecule has 0 aromatic carbocycles. The minimum atomic E-state index is -3.95. The van der Waals surface area contributed by atoms with Crippen molar-refractivity contribution in [1.82, 2.24) is 9.78 Å². The molecule has 1 aromatic rings. The maximum atomic E-state index is 11.7. The summed E-state index contributed by atoms with van der Waals surface area (Å²) in [7, 11) is -2.45. The first-order valence-corrected chi connectivity index (χ1v) is 7.12. The van der Waals surface area contributed by atoms with E-state index in [0.29, 0.717) is 5.69 Å². The molecule has 8 nitrogen and oxygen atoms in total. The zero-order valence-corrected chi connectivity index (χ0v) is 12.0. The normalized spacial score (nSPS) is 18.5. The van der Waals surface area contributed by atoms with E-state index >= 15 is 0 Å². The van der Waals surface area contributed by atoms with Crippen molar-refractivity contribution < 1.29 is 18.0 Å². The maximum absolute atomic E-state index is 11.7. The number of hydrogen-bond donors (Lipinski definition) is 1. The molecule has 2 rings (SSSR count). The van der Waals surface area contributed by atoms with Crippen molar-refractivity contribution in [1.29, 1.82) is 0 Å². The first-order valence-electron chi connectivity index (χ1n) is 5.57. The minimum absolute atomic E-state index is 0.0749. The highest BCUT2D eigenvalue weighted by atomic mass is 32.2. The van der Waals surface area contributed by atoms with E-state index < -0.39 is 15.6 Å². The Morgan fingerprint density at radius 2 is 2.05 bits per heavy atom. The highest BCUT2D eigenvalue weighted by Gasteiger charge is 2.34. The van der Waals surface area contributed by atoms with Crippen LogP contribution in [-0.4, -0.2) is 36.3 Å². The molecule has 19 heavy (non-hydrogen) atoms. The molecule has 0 spiro atoms. The van der Waals surface area contributed by atoms with E-state index in [0.717, 1.165) is 0 Å². The van der Waals surface area contributed by atoms with E-state index in [1.165, 1.54) is 11.7 Å². The predicted octanol–water partition coefficient (Wildman–Crippen LogP) is -0.137. The number of hydrogen-bond acceptors (Lipinski definition) is 6. The van der Waals surface area contributed by atoms with Crippen molar-refractivity contribution in [2.24, 2.45) is 17.3 Å². The molecule has 0 atom stereocenters. The van der Waals surface area contributed by atoms with Crippen LogP contribution in [0.15, 0.2) is 10.2 Å². The van der Waals surface area contributed by atoms with Crippen LogP contribution in [0.4, 0.5) is 0 Å². The Bertz CT molecular complexity index is 645. The largest absolute Gasteiger partial charge is 0.465 e. The Kier molecular flexibility index (Phi) is 3.06. The van der Waals surface area contributed by atoms with Gasteiger partial charge in [-0.25, -0.2) is 13.6 Å². The molecule has 0 fully saturated rings. The molecule has 1 aliphatic heterocycles. The lowest BCUT2D eigenvalue weighted by Crippen LogP contribution is -2.37. The summed E-state index contributed by atoms with van der Waals surface area (Å²) in [6, 6.07) is 0. The van der Waals surface area contributed by atoms with E-state index in [1.54, 1.807) is 6.92 Å². The van der Waals surface area contributed by atoms with Gasteiger partial charge in [0.05, 0.1) is 5.69 Å². The number of nitrogens with two attached hydrogens (primary N) is 1. The molecule has 0 saturated carbocycles. The molecule has 0 saturated heterocycles. The van der Waals surface area contributed by atoms with Gasteiger partial charge in [0.15, 0.2) is 11.6 Å². The van der Waals surface area contributed by atoms with Crippen LogP contribution in [0.5, 0.6) is 0 Å². The lowest BCUT2D eigenvalue weighted by Gasteiger charge is -2.29. The first kappa shape index (κ1) is 13.8. The van der Waals surface area contributed by atoms with Crippen LogP contribution < -0.4 is 5.14 Å². The van der Waals surface area contributed by atoms with E-state index in [4.69, 9.17) is 14.7 Å². The quantitative estimate of drug-likeness (QED) is 0.815. The second-order valence-corrected chi connectivity index (χ2v) is 6.44. The van der Waals surface area contributed by atoms with Gasteiger partial charge < -0.3 is 9.57 Å². The first-order chi connectivity index (χ1) is 8.62. The molecule has 0 bridgehead atoms. The summed E-state index contributed by atoms with van der Waals surface area (Å²) in [5.74, 6) is 0.0749. The van der Waals surface area contributed by atoms with Gasteiger partial charge in [-0.3, -0.25) is 4.68 Å². The summed E-state index contributed by atoms with van der Waals surface area (Å²) in [5, 5.41) is 12.9. The number of oxime groups is 1. The van der Waals surface area contributed by atoms with Crippen molar-refractivity contribution in [3.05, 3.63) is 11.3 Å². The van der Waals surface area contributed by atoms with Gasteiger partial charge in [-0.1, -0.05) is 0 Å². The third-order valence-corrected chi connectivity index (χ3v) is 3.59. The third-order valence-electron chi connectivity index (χ3n) is 2.59. The van der Waals surface area contributed by atoms with Crippen molar-refractivity contribution in [2.75, 3.05) is 6.61 Å². The summed E-state index contributed by atoms with van der Waals surface area (Å²) < 4.78 is 30.1. The van der Waals surface area contributed by atoms with Crippen LogP contribution in [0.25, 0.3) is 0 Å². The van der Waals surface area contributed by atoms with Crippen molar-refractivity contribution in [2.45, 2.75) is 31.4 Å². The van der Waals surface area contributed by atoms with E-state index in [9.17, 15) is 8.42 Å². The standard InChI is InChI=1S/C10H16N4O4S/c1-6-7(8-13-17-5-10(2,3)18-8)9(14(4)12-6)19(11,15)16/h5H2,1-4H3,(H2,11,15,16). The average Bonchev–Trinajstić information content (AvgIpc) is 2.51. The molecule has 9 heteroatoms. The van der Waals surface area contributed by atoms with E-state index in [-0.39, 0.29) is 23.1 Å². The van der Waals surface area contributed by atoms with Crippen LogP contribution in [0.2, 0.25) is 0 Å². The van der Waals surface area contributed by atoms with Gasteiger partial charge >= 0.3 is 0 Å². The molecule has 1 aromatic heterocycles. The predicted molar refractivity (Wildman–Crippen MR) is 67.0 cm³/mol. The summed E-state index contributed by atoms with van der Waals surface area (Å²) in [6.45, 7) is 5.55. The number of rotatable bonds is 2. The van der Waals surface area contributed by atoms with Gasteiger partial charge in [0.1, 0.15) is 11.2 Å². The fourth-order valence-corrected chi connectivity index (χ4v) is 2.79. The highest BCUT2D eigenvalue weighted by molar-refractivity contribution is 7.89. The number of aromatic nitrogens is 2. The summed E-state index contributed by atoms with van der Waals surface area (Å²) >= 11 is 0. The van der Waals surface area contributed by atoms with Gasteiger partial charge in [0.2, 0.25) is 0 Å². The lowest BCUT2D eigenvalue weighted by molar-refractivity contribution is -0.0428. The topological polar surface area (TPSA) is 109 Å². The summed E-state index contributed by atoms with van der Waals surface area (Å²) in [6.07, 6.45) is 0. The van der Waals surface area contributed by atoms with Crippen LogP contribution in [0.1, 0.15) is 25.1 Å². The molecule has 0 amide bonds. The summed E-state index contributed by atoms with van der Waals surface area (Å²) in [4.78, 5) is 5.07. The van der Waals surface area contributed by atoms with Gasteiger partial charge in [-0.2, -0.15) is 5.10 Å². The number of ether oxygens (including phenoxy) is 1. The van der Waals surface area contributed by atoms with Gasteiger partial charge in [0.25, 0.3) is 15.9 Å². The Morgan fingerprint density at radius 3 is 2.58 bits per heavy atom. The van der Waals surface area contributed by atoms with Crippen LogP contribution in [-0.2, 0) is 26.6 Å². The summed E-state index contributed by atoms with van der Waals surface area (Å²) in [5.41, 5.74) is 0.0824. The SMILES string of the molecule is Cc1nn(C)c(S(N)(=O)=O)c1C1=NOCC(C)(C)O1. The fraction of sp³-hybridized carbons (Fsp3) is 0.600. The molecule has 0 unspecified atom stereocenters. The second kappa shape index (κ2) is 4.20. The third kappa shape index (κ3) is 2.56. The van der Waals surface area contributed by atoms with E-state index in [2.05, 4.69) is 10.3 Å². The number of primary sulfonamides is 1. The highest BCUT2D eigenvalue weighted by Crippen LogP contribution is 2.25. The number of nitrogens with zero attached hydrogens (tertiary/aromatic N) is 3. The van der Waals surface area contributed by atoms with E-state index in [1.807, 2.05) is 13.8 Å². The van der Waals surface area contributed by atoms with Crippen molar-refractivity contribution >= 4 is 15.9 Å². The van der Waals surface area contributed by atoms with Crippen molar-refractivity contribution in [3.8, 4) is 0 Å². The second-order valence-electron chi connectivity index (χ2n) is 4.97. The molecule has 2 N–H and O–H groups in total. The molecular formula is C10H16N4O4S. The van der Waals surface area contributed by atoms with Gasteiger partial charge in [-0.15, -0.1) is 0 Å². The Balaban J connectivity index is 2.61. The average molecular weight is 288 g/mol. The Hall–Kier alpha value is -1.61. The minimum Gasteiger partial charge on any atom is -0.465 e. The monoisotopic (exact) mass is 288 g/mol. The van der Waals surface area contributed by atoms with Gasteiger partial charge in [-0.05, 0) is 25.9 Å². The fourth-order valence-electron chi connectivity index (χ4n) is 1.86. The molecule has 2 heterocycles. The molecular weight excluding hydrogens is 272 g/mol. The molecule has 0 aliphatic carbocycles.